The highest BCUT2D eigenvalue weighted by Crippen LogP contribution is 2.13. The minimum absolute atomic E-state index is 0.0384. The second kappa shape index (κ2) is 8.81. The summed E-state index contributed by atoms with van der Waals surface area (Å²) in [4.78, 5) is 28.5. The molecule has 1 aromatic carbocycles. The quantitative estimate of drug-likeness (QED) is 0.732. The van der Waals surface area contributed by atoms with Crippen LogP contribution in [0.4, 0.5) is 5.69 Å². The molecule has 27 heavy (non-hydrogen) atoms. The minimum Gasteiger partial charge on any atom is -0.380 e. The molecule has 0 aliphatic carbocycles. The zero-order valence-corrected chi connectivity index (χ0v) is 15.9. The maximum absolute atomic E-state index is 12.4. The largest absolute Gasteiger partial charge is 0.380 e. The number of benzene rings is 1. The van der Waals surface area contributed by atoms with Crippen LogP contribution in [0.3, 0.4) is 0 Å². The maximum Gasteiger partial charge on any atom is 0.269 e. The molecule has 1 saturated heterocycles. The summed E-state index contributed by atoms with van der Waals surface area (Å²) in [5.74, 6) is -0.102. The maximum atomic E-state index is 12.4. The molecule has 7 heteroatoms. The molecule has 7 nitrogen and oxygen atoms in total. The van der Waals surface area contributed by atoms with Gasteiger partial charge in [0, 0.05) is 39.9 Å². The van der Waals surface area contributed by atoms with Crippen molar-refractivity contribution >= 4 is 11.6 Å². The monoisotopic (exact) mass is 370 g/mol. The molecule has 0 saturated carbocycles. The van der Waals surface area contributed by atoms with Gasteiger partial charge in [-0.15, -0.1) is 0 Å². The summed E-state index contributed by atoms with van der Waals surface area (Å²) in [6.45, 7) is 1.97. The number of likely N-dealkylation sites (N-methyl/N-ethyl adjacent to an activating group) is 1. The Kier molecular flexibility index (Phi) is 6.24. The van der Waals surface area contributed by atoms with E-state index in [-0.39, 0.29) is 24.1 Å². The van der Waals surface area contributed by atoms with E-state index in [9.17, 15) is 9.59 Å². The number of hydrogen-bond acceptors (Lipinski definition) is 5. The summed E-state index contributed by atoms with van der Waals surface area (Å²) in [5.41, 5.74) is 1.73. The zero-order chi connectivity index (χ0) is 19.2. The second-order valence-electron chi connectivity index (χ2n) is 6.85. The van der Waals surface area contributed by atoms with Crippen LogP contribution in [0.5, 0.6) is 0 Å². The Morgan fingerprint density at radius 3 is 2.78 bits per heavy atom. The highest BCUT2D eigenvalue weighted by Gasteiger charge is 2.26. The Hall–Kier alpha value is -2.67. The van der Waals surface area contributed by atoms with E-state index in [2.05, 4.69) is 17.2 Å². The van der Waals surface area contributed by atoms with Gasteiger partial charge in [-0.25, -0.2) is 4.68 Å². The molecule has 2 heterocycles. The van der Waals surface area contributed by atoms with E-state index in [0.717, 1.165) is 25.1 Å². The lowest BCUT2D eigenvalue weighted by Crippen LogP contribution is -2.36. The smallest absolute Gasteiger partial charge is 0.269 e. The zero-order valence-electron chi connectivity index (χ0n) is 15.9. The van der Waals surface area contributed by atoms with E-state index in [0.29, 0.717) is 13.1 Å². The van der Waals surface area contributed by atoms with Gasteiger partial charge in [0.25, 0.3) is 5.56 Å². The average molecular weight is 370 g/mol. The van der Waals surface area contributed by atoms with Gasteiger partial charge in [0.1, 0.15) is 6.54 Å². The van der Waals surface area contributed by atoms with Crippen molar-refractivity contribution < 1.29 is 9.53 Å². The van der Waals surface area contributed by atoms with Crippen LogP contribution >= 0.6 is 0 Å². The number of anilines is 1. The molecule has 1 aliphatic rings. The molecule has 3 rings (SSSR count). The first kappa shape index (κ1) is 19.1. The first-order valence-electron chi connectivity index (χ1n) is 9.19. The molecule has 0 bridgehead atoms. The fourth-order valence-corrected chi connectivity index (χ4v) is 3.20. The van der Waals surface area contributed by atoms with Crippen LogP contribution in [0.2, 0.25) is 0 Å². The summed E-state index contributed by atoms with van der Waals surface area (Å²) in [6.07, 6.45) is 3.44. The van der Waals surface area contributed by atoms with Gasteiger partial charge in [-0.1, -0.05) is 30.3 Å². The van der Waals surface area contributed by atoms with E-state index < -0.39 is 0 Å². The van der Waals surface area contributed by atoms with Crippen LogP contribution in [-0.4, -0.2) is 60.5 Å². The van der Waals surface area contributed by atoms with Crippen LogP contribution < -0.4 is 10.5 Å². The fraction of sp³-hybridized carbons (Fsp3) is 0.450. The van der Waals surface area contributed by atoms with Crippen molar-refractivity contribution in [1.82, 2.24) is 14.7 Å². The van der Waals surface area contributed by atoms with Crippen molar-refractivity contribution in [3.05, 3.63) is 58.5 Å². The number of carbonyl (C=O) groups is 1. The summed E-state index contributed by atoms with van der Waals surface area (Å²) in [6, 6.07) is 11.7. The molecular weight excluding hydrogens is 344 g/mol. The van der Waals surface area contributed by atoms with Crippen LogP contribution in [0.15, 0.2) is 47.4 Å². The highest BCUT2D eigenvalue weighted by molar-refractivity contribution is 5.76. The lowest BCUT2D eigenvalue weighted by Gasteiger charge is -2.20. The minimum atomic E-state index is -0.269. The van der Waals surface area contributed by atoms with Crippen LogP contribution in [-0.2, 0) is 22.5 Å². The normalized spacial score (nSPS) is 16.5. The van der Waals surface area contributed by atoms with Crippen LogP contribution in [0.25, 0.3) is 0 Å². The number of aromatic nitrogens is 2. The Morgan fingerprint density at radius 1 is 1.33 bits per heavy atom. The standard InChI is InChI=1S/C20H26N4O3/c1-22(10-8-16-6-4-3-5-7-16)17-12-19(25)24(21-13-17)15-20(26)23-11-9-18(14-23)27-2/h3-7,12-13,18H,8-11,14-15H2,1-2H3. The molecule has 1 atom stereocenters. The summed E-state index contributed by atoms with van der Waals surface area (Å²) < 4.78 is 6.50. The third-order valence-corrected chi connectivity index (χ3v) is 4.99. The van der Waals surface area contributed by atoms with Crippen LogP contribution in [0.1, 0.15) is 12.0 Å². The predicted molar refractivity (Wildman–Crippen MR) is 104 cm³/mol. The first-order chi connectivity index (χ1) is 13.1. The number of ether oxygens (including phenoxy) is 1. The third kappa shape index (κ3) is 4.95. The van der Waals surface area contributed by atoms with E-state index in [1.54, 1.807) is 18.2 Å². The number of hydrogen-bond donors (Lipinski definition) is 0. The Morgan fingerprint density at radius 2 is 2.11 bits per heavy atom. The van der Waals surface area contributed by atoms with E-state index >= 15 is 0 Å². The molecule has 0 radical (unpaired) electrons. The lowest BCUT2D eigenvalue weighted by molar-refractivity contribution is -0.131. The van der Waals surface area contributed by atoms with Gasteiger partial charge < -0.3 is 14.5 Å². The van der Waals surface area contributed by atoms with Gasteiger partial charge in [0.15, 0.2) is 0 Å². The van der Waals surface area contributed by atoms with Crippen molar-refractivity contribution in [2.24, 2.45) is 0 Å². The summed E-state index contributed by atoms with van der Waals surface area (Å²) in [5, 5.41) is 4.19. The van der Waals surface area contributed by atoms with Gasteiger partial charge in [0.2, 0.25) is 5.91 Å². The van der Waals surface area contributed by atoms with Gasteiger partial charge in [-0.2, -0.15) is 5.10 Å². The number of nitrogens with zero attached hydrogens (tertiary/aromatic N) is 4. The molecule has 144 valence electrons. The van der Waals surface area contributed by atoms with Gasteiger partial charge in [-0.05, 0) is 18.4 Å². The predicted octanol–water partition coefficient (Wildman–Crippen LogP) is 1.17. The molecule has 1 fully saturated rings. The van der Waals surface area contributed by atoms with E-state index in [1.807, 2.05) is 30.1 Å². The number of carbonyl (C=O) groups excluding carboxylic acids is 1. The number of methoxy groups -OCH3 is 1. The van der Waals surface area contributed by atoms with Crippen molar-refractivity contribution in [3.63, 3.8) is 0 Å². The van der Waals surface area contributed by atoms with Gasteiger partial charge in [0.05, 0.1) is 18.0 Å². The molecule has 1 unspecified atom stereocenters. The topological polar surface area (TPSA) is 67.7 Å². The molecule has 1 aliphatic heterocycles. The van der Waals surface area contributed by atoms with Gasteiger partial charge in [-0.3, -0.25) is 9.59 Å². The lowest BCUT2D eigenvalue weighted by atomic mass is 10.1. The van der Waals surface area contributed by atoms with Crippen molar-refractivity contribution in [2.45, 2.75) is 25.5 Å². The van der Waals surface area contributed by atoms with Gasteiger partial charge >= 0.3 is 0 Å². The average Bonchev–Trinajstić information content (AvgIpc) is 3.18. The number of rotatable bonds is 7. The molecule has 2 aromatic rings. The molecule has 1 amide bonds. The SMILES string of the molecule is COC1CCN(C(=O)Cn2ncc(N(C)CCc3ccccc3)cc2=O)C1. The van der Waals surface area contributed by atoms with Crippen LogP contribution in [0, 0.1) is 0 Å². The first-order valence-corrected chi connectivity index (χ1v) is 9.19. The number of amides is 1. The van der Waals surface area contributed by atoms with E-state index in [4.69, 9.17) is 4.74 Å². The molecular formula is C20H26N4O3. The van der Waals surface area contributed by atoms with E-state index in [1.165, 1.54) is 16.3 Å². The fourth-order valence-electron chi connectivity index (χ4n) is 3.20. The number of likely N-dealkylation sites (tertiary alicyclic amines) is 1. The molecule has 0 N–H and O–H groups in total. The van der Waals surface area contributed by atoms with Crippen molar-refractivity contribution in [3.8, 4) is 0 Å². The summed E-state index contributed by atoms with van der Waals surface area (Å²) in [7, 11) is 3.59. The Bertz CT molecular complexity index is 821. The Balaban J connectivity index is 1.58. The van der Waals surface area contributed by atoms with Crippen molar-refractivity contribution in [2.75, 3.05) is 38.7 Å². The Labute approximate surface area is 159 Å². The van der Waals surface area contributed by atoms with Crippen molar-refractivity contribution in [1.29, 1.82) is 0 Å². The highest BCUT2D eigenvalue weighted by atomic mass is 16.5. The molecule has 1 aromatic heterocycles. The summed E-state index contributed by atoms with van der Waals surface area (Å²) >= 11 is 0. The third-order valence-electron chi connectivity index (χ3n) is 4.99. The second-order valence-corrected chi connectivity index (χ2v) is 6.85. The molecule has 0 spiro atoms.